The number of hydrogen-bond acceptors (Lipinski definition) is 6. The number of anilines is 1. The first-order valence-electron chi connectivity index (χ1n) is 8.48. The maximum absolute atomic E-state index is 12.8. The van der Waals surface area contributed by atoms with Crippen molar-refractivity contribution in [2.24, 2.45) is 0 Å². The first-order valence-corrected chi connectivity index (χ1v) is 9.30. The van der Waals surface area contributed by atoms with Gasteiger partial charge < -0.3 is 14.8 Å². The molecular formula is C20H17N3O4S. The molecule has 0 fully saturated rings. The van der Waals surface area contributed by atoms with Crippen LogP contribution in [0.2, 0.25) is 0 Å². The van der Waals surface area contributed by atoms with Gasteiger partial charge >= 0.3 is 0 Å². The number of rotatable bonds is 5. The van der Waals surface area contributed by atoms with Gasteiger partial charge in [-0.1, -0.05) is 18.2 Å². The van der Waals surface area contributed by atoms with Crippen LogP contribution in [0.15, 0.2) is 53.6 Å². The van der Waals surface area contributed by atoms with E-state index in [1.807, 2.05) is 24.3 Å². The Balaban J connectivity index is 1.61. The molecule has 4 rings (SSSR count). The number of fused-ring (bicyclic) bond motifs is 3. The van der Waals surface area contributed by atoms with E-state index in [1.54, 1.807) is 18.2 Å². The van der Waals surface area contributed by atoms with Crippen LogP contribution in [0.4, 0.5) is 5.69 Å². The summed E-state index contributed by atoms with van der Waals surface area (Å²) in [6, 6.07) is 12.8. The van der Waals surface area contributed by atoms with Crippen molar-refractivity contribution in [3.63, 3.8) is 0 Å². The van der Waals surface area contributed by atoms with Crippen molar-refractivity contribution < 1.29 is 14.3 Å². The fourth-order valence-corrected chi connectivity index (χ4v) is 4.07. The van der Waals surface area contributed by atoms with Crippen molar-refractivity contribution in [2.75, 3.05) is 19.5 Å². The van der Waals surface area contributed by atoms with Gasteiger partial charge in [-0.3, -0.25) is 14.2 Å². The smallest absolute Gasteiger partial charge is 0.271 e. The number of benzene rings is 2. The molecule has 0 aliphatic heterocycles. The molecule has 8 heteroatoms. The Kier molecular flexibility index (Phi) is 4.70. The zero-order chi connectivity index (χ0) is 19.7. The Morgan fingerprint density at radius 3 is 2.57 bits per heavy atom. The van der Waals surface area contributed by atoms with E-state index in [2.05, 4.69) is 10.3 Å². The molecule has 0 saturated carbocycles. The molecule has 0 bridgehead atoms. The summed E-state index contributed by atoms with van der Waals surface area (Å²) in [5, 5.41) is 3.70. The van der Waals surface area contributed by atoms with Crippen molar-refractivity contribution in [2.45, 2.75) is 6.54 Å². The highest BCUT2D eigenvalue weighted by Gasteiger charge is 2.13. The number of carbonyl (C=O) groups is 1. The maximum Gasteiger partial charge on any atom is 0.271 e. The van der Waals surface area contributed by atoms with E-state index in [-0.39, 0.29) is 18.0 Å². The highest BCUT2D eigenvalue weighted by Crippen LogP contribution is 2.29. The van der Waals surface area contributed by atoms with Gasteiger partial charge in [-0.05, 0) is 6.07 Å². The second-order valence-corrected chi connectivity index (χ2v) is 7.16. The second kappa shape index (κ2) is 7.32. The quantitative estimate of drug-likeness (QED) is 0.561. The first-order chi connectivity index (χ1) is 13.6. The minimum Gasteiger partial charge on any atom is -0.497 e. The van der Waals surface area contributed by atoms with Crippen LogP contribution in [0.1, 0.15) is 0 Å². The first kappa shape index (κ1) is 18.0. The van der Waals surface area contributed by atoms with Gasteiger partial charge in [0.25, 0.3) is 5.56 Å². The highest BCUT2D eigenvalue weighted by atomic mass is 32.1. The molecule has 4 aromatic rings. The minimum atomic E-state index is -0.348. The molecule has 2 aromatic carbocycles. The molecule has 0 unspecified atom stereocenters. The molecule has 0 spiro atoms. The molecule has 2 aromatic heterocycles. The molecule has 7 nitrogen and oxygen atoms in total. The van der Waals surface area contributed by atoms with Gasteiger partial charge in [-0.15, -0.1) is 11.3 Å². The number of hydrogen-bond donors (Lipinski definition) is 1. The number of carbonyl (C=O) groups excluding carboxylic acids is 1. The summed E-state index contributed by atoms with van der Waals surface area (Å²) in [7, 11) is 3.07. The lowest BCUT2D eigenvalue weighted by molar-refractivity contribution is -0.116. The molecule has 0 saturated heterocycles. The number of aromatic nitrogens is 2. The van der Waals surface area contributed by atoms with Crippen molar-refractivity contribution >= 4 is 43.2 Å². The van der Waals surface area contributed by atoms with Gasteiger partial charge in [0, 0.05) is 34.0 Å². The molecule has 0 radical (unpaired) electrons. The van der Waals surface area contributed by atoms with Gasteiger partial charge in [0.15, 0.2) is 0 Å². The molecule has 1 N–H and O–H groups in total. The van der Waals surface area contributed by atoms with E-state index in [0.29, 0.717) is 27.4 Å². The Hall–Kier alpha value is -3.39. The third kappa shape index (κ3) is 3.29. The standard InChI is InChI=1S/C20H17N3O4S/c1-26-13-7-12(8-14(9-13)27-2)22-17(24)10-23-11-21-18-15-5-3-4-6-16(15)28-19(18)20(23)25/h3-9,11H,10H2,1-2H3,(H,22,24). The second-order valence-electron chi connectivity index (χ2n) is 6.10. The maximum atomic E-state index is 12.8. The van der Waals surface area contributed by atoms with Crippen LogP contribution in [0.5, 0.6) is 11.5 Å². The van der Waals surface area contributed by atoms with Crippen LogP contribution >= 0.6 is 11.3 Å². The molecular weight excluding hydrogens is 378 g/mol. The van der Waals surface area contributed by atoms with Gasteiger partial charge in [0.05, 0.1) is 26.1 Å². The summed E-state index contributed by atoms with van der Waals surface area (Å²) in [6.07, 6.45) is 1.41. The van der Waals surface area contributed by atoms with E-state index >= 15 is 0 Å². The third-order valence-corrected chi connectivity index (χ3v) is 5.45. The van der Waals surface area contributed by atoms with E-state index < -0.39 is 0 Å². The van der Waals surface area contributed by atoms with E-state index in [9.17, 15) is 9.59 Å². The Morgan fingerprint density at radius 1 is 1.14 bits per heavy atom. The number of methoxy groups -OCH3 is 2. The predicted octanol–water partition coefficient (Wildman–Crippen LogP) is 3.27. The van der Waals surface area contributed by atoms with E-state index in [0.717, 1.165) is 10.1 Å². The van der Waals surface area contributed by atoms with Gasteiger partial charge in [-0.2, -0.15) is 0 Å². The number of nitrogens with zero attached hydrogens (tertiary/aromatic N) is 2. The van der Waals surface area contributed by atoms with Crippen LogP contribution in [0.3, 0.4) is 0 Å². The van der Waals surface area contributed by atoms with Gasteiger partial charge in [0.1, 0.15) is 22.7 Å². The van der Waals surface area contributed by atoms with E-state index in [4.69, 9.17) is 9.47 Å². The summed E-state index contributed by atoms with van der Waals surface area (Å²) < 4.78 is 13.2. The number of ether oxygens (including phenoxy) is 2. The summed E-state index contributed by atoms with van der Waals surface area (Å²) in [5.41, 5.74) is 0.953. The minimum absolute atomic E-state index is 0.143. The van der Waals surface area contributed by atoms with Crippen molar-refractivity contribution in [1.29, 1.82) is 0 Å². The van der Waals surface area contributed by atoms with Gasteiger partial charge in [-0.25, -0.2) is 4.98 Å². The molecule has 2 heterocycles. The van der Waals surface area contributed by atoms with Crippen LogP contribution in [0.25, 0.3) is 20.3 Å². The molecule has 1 amide bonds. The predicted molar refractivity (Wildman–Crippen MR) is 110 cm³/mol. The normalized spacial score (nSPS) is 10.9. The summed E-state index contributed by atoms with van der Waals surface area (Å²) in [4.78, 5) is 29.7. The summed E-state index contributed by atoms with van der Waals surface area (Å²) >= 11 is 1.38. The van der Waals surface area contributed by atoms with Crippen molar-refractivity contribution in [3.05, 3.63) is 59.1 Å². The Labute approximate surface area is 164 Å². The highest BCUT2D eigenvalue weighted by molar-refractivity contribution is 7.25. The molecule has 0 aliphatic carbocycles. The Bertz CT molecular complexity index is 1220. The summed E-state index contributed by atoms with van der Waals surface area (Å²) in [5.74, 6) is 0.764. The summed E-state index contributed by atoms with van der Waals surface area (Å²) in [6.45, 7) is -0.143. The lowest BCUT2D eigenvalue weighted by Crippen LogP contribution is -2.27. The third-order valence-electron chi connectivity index (χ3n) is 4.30. The fraction of sp³-hybridized carbons (Fsp3) is 0.150. The average molecular weight is 395 g/mol. The molecule has 142 valence electrons. The zero-order valence-corrected chi connectivity index (χ0v) is 16.1. The van der Waals surface area contributed by atoms with Gasteiger partial charge in [0.2, 0.25) is 5.91 Å². The van der Waals surface area contributed by atoms with Crippen LogP contribution in [0, 0.1) is 0 Å². The average Bonchev–Trinajstić information content (AvgIpc) is 3.09. The monoisotopic (exact) mass is 395 g/mol. The topological polar surface area (TPSA) is 82.5 Å². The number of nitrogens with one attached hydrogen (secondary N) is 1. The molecule has 0 aliphatic rings. The number of thiophene rings is 1. The SMILES string of the molecule is COc1cc(NC(=O)Cn2cnc3c(sc4ccccc43)c2=O)cc(OC)c1. The van der Waals surface area contributed by atoms with E-state index in [1.165, 1.54) is 36.5 Å². The molecule has 28 heavy (non-hydrogen) atoms. The zero-order valence-electron chi connectivity index (χ0n) is 15.3. The van der Waals surface area contributed by atoms with Crippen LogP contribution < -0.4 is 20.3 Å². The lowest BCUT2D eigenvalue weighted by atomic mass is 10.2. The van der Waals surface area contributed by atoms with Crippen molar-refractivity contribution in [3.8, 4) is 11.5 Å². The lowest BCUT2D eigenvalue weighted by Gasteiger charge is -2.10. The van der Waals surface area contributed by atoms with Crippen LogP contribution in [-0.2, 0) is 11.3 Å². The Morgan fingerprint density at radius 2 is 1.86 bits per heavy atom. The number of amides is 1. The largest absolute Gasteiger partial charge is 0.497 e. The van der Waals surface area contributed by atoms with Crippen LogP contribution in [-0.4, -0.2) is 29.7 Å². The van der Waals surface area contributed by atoms with Crippen molar-refractivity contribution in [1.82, 2.24) is 9.55 Å². The fourth-order valence-electron chi connectivity index (χ4n) is 2.96. The molecule has 0 atom stereocenters.